The van der Waals surface area contributed by atoms with Gasteiger partial charge < -0.3 is 15.2 Å². The first-order valence-electron chi connectivity index (χ1n) is 6.67. The fraction of sp³-hybridized carbons (Fsp3) is 0.467. The fourth-order valence-corrected chi connectivity index (χ4v) is 2.40. The Kier molecular flexibility index (Phi) is 4.74. The summed E-state index contributed by atoms with van der Waals surface area (Å²) < 4.78 is 5.06. The zero-order valence-electron chi connectivity index (χ0n) is 11.5. The number of methoxy groups -OCH3 is 1. The highest BCUT2D eigenvalue weighted by atomic mass is 16.5. The number of rotatable bonds is 6. The van der Waals surface area contributed by atoms with Crippen molar-refractivity contribution in [2.45, 2.75) is 31.9 Å². The van der Waals surface area contributed by atoms with Crippen molar-refractivity contribution in [2.24, 2.45) is 5.92 Å². The Morgan fingerprint density at radius 3 is 2.70 bits per heavy atom. The second-order valence-corrected chi connectivity index (χ2v) is 5.20. The van der Waals surface area contributed by atoms with Crippen molar-refractivity contribution in [1.29, 1.82) is 0 Å². The van der Waals surface area contributed by atoms with Crippen molar-refractivity contribution in [3.05, 3.63) is 35.4 Å². The molecular formula is C15H19NO4. The number of ether oxygens (including phenoxy) is 1. The third kappa shape index (κ3) is 3.81. The number of carbonyl (C=O) groups is 2. The summed E-state index contributed by atoms with van der Waals surface area (Å²) in [5, 5.41) is 11.6. The summed E-state index contributed by atoms with van der Waals surface area (Å²) in [4.78, 5) is 22.5. The van der Waals surface area contributed by atoms with Gasteiger partial charge in [0, 0.05) is 13.2 Å². The van der Waals surface area contributed by atoms with E-state index < -0.39 is 5.97 Å². The van der Waals surface area contributed by atoms with E-state index in [1.54, 1.807) is 7.11 Å². The van der Waals surface area contributed by atoms with Crippen LogP contribution >= 0.6 is 0 Å². The molecule has 0 atom stereocenters. The van der Waals surface area contributed by atoms with Crippen LogP contribution in [0.3, 0.4) is 0 Å². The summed E-state index contributed by atoms with van der Waals surface area (Å²) in [6, 6.07) is 7.71. The van der Waals surface area contributed by atoms with Gasteiger partial charge in [0.2, 0.25) is 5.91 Å². The van der Waals surface area contributed by atoms with Crippen LogP contribution in [0.2, 0.25) is 0 Å². The maximum absolute atomic E-state index is 11.9. The SMILES string of the molecule is COCc1cccc(CC(=O)NC2CC(C(=O)O)C2)c1. The van der Waals surface area contributed by atoms with Gasteiger partial charge in [0.05, 0.1) is 18.9 Å². The number of carbonyl (C=O) groups excluding carboxylic acids is 1. The summed E-state index contributed by atoms with van der Waals surface area (Å²) in [5.74, 6) is -1.14. The van der Waals surface area contributed by atoms with E-state index in [1.807, 2.05) is 24.3 Å². The molecular weight excluding hydrogens is 258 g/mol. The van der Waals surface area contributed by atoms with Gasteiger partial charge in [-0.3, -0.25) is 9.59 Å². The Bertz CT molecular complexity index is 494. The van der Waals surface area contributed by atoms with E-state index in [9.17, 15) is 9.59 Å². The summed E-state index contributed by atoms with van der Waals surface area (Å²) in [7, 11) is 1.63. The maximum atomic E-state index is 11.9. The molecule has 5 heteroatoms. The van der Waals surface area contributed by atoms with Crippen molar-refractivity contribution < 1.29 is 19.4 Å². The van der Waals surface area contributed by atoms with Gasteiger partial charge in [-0.05, 0) is 24.0 Å². The summed E-state index contributed by atoms with van der Waals surface area (Å²) in [5.41, 5.74) is 1.97. The zero-order valence-corrected chi connectivity index (χ0v) is 11.5. The number of hydrogen-bond acceptors (Lipinski definition) is 3. The first kappa shape index (κ1) is 14.5. The number of hydrogen-bond donors (Lipinski definition) is 2. The Hall–Kier alpha value is -1.88. The Morgan fingerprint density at radius 2 is 2.05 bits per heavy atom. The number of carboxylic acids is 1. The molecule has 1 aromatic rings. The van der Waals surface area contributed by atoms with Crippen LogP contribution in [0, 0.1) is 5.92 Å². The molecule has 2 rings (SSSR count). The largest absolute Gasteiger partial charge is 0.481 e. The molecule has 5 nitrogen and oxygen atoms in total. The standard InChI is InChI=1S/C15H19NO4/c1-20-9-11-4-2-3-10(5-11)6-14(17)16-13-7-12(8-13)15(18)19/h2-5,12-13H,6-9H2,1H3,(H,16,17)(H,18,19). The van der Waals surface area contributed by atoms with Crippen LogP contribution in [0.4, 0.5) is 0 Å². The van der Waals surface area contributed by atoms with Crippen molar-refractivity contribution in [3.63, 3.8) is 0 Å². The Balaban J connectivity index is 1.80. The van der Waals surface area contributed by atoms with E-state index in [0.717, 1.165) is 11.1 Å². The Morgan fingerprint density at radius 1 is 1.35 bits per heavy atom. The minimum atomic E-state index is -0.775. The molecule has 0 aromatic heterocycles. The maximum Gasteiger partial charge on any atom is 0.306 e. The van der Waals surface area contributed by atoms with E-state index in [0.29, 0.717) is 25.9 Å². The minimum absolute atomic E-state index is 0.00533. The quantitative estimate of drug-likeness (QED) is 0.823. The molecule has 0 radical (unpaired) electrons. The van der Waals surface area contributed by atoms with Gasteiger partial charge >= 0.3 is 5.97 Å². The lowest BCUT2D eigenvalue weighted by Crippen LogP contribution is -2.47. The highest BCUT2D eigenvalue weighted by molar-refractivity contribution is 5.79. The summed E-state index contributed by atoms with van der Waals surface area (Å²) in [6.45, 7) is 0.526. The van der Waals surface area contributed by atoms with Crippen LogP contribution in [0.15, 0.2) is 24.3 Å². The van der Waals surface area contributed by atoms with Gasteiger partial charge in [-0.25, -0.2) is 0 Å². The minimum Gasteiger partial charge on any atom is -0.481 e. The molecule has 0 aliphatic heterocycles. The predicted octanol–water partition coefficient (Wildman–Crippen LogP) is 1.35. The number of nitrogens with one attached hydrogen (secondary N) is 1. The van der Waals surface area contributed by atoms with E-state index in [4.69, 9.17) is 9.84 Å². The van der Waals surface area contributed by atoms with Crippen LogP contribution < -0.4 is 5.32 Å². The highest BCUT2D eigenvalue weighted by Crippen LogP contribution is 2.27. The fourth-order valence-electron chi connectivity index (χ4n) is 2.40. The molecule has 20 heavy (non-hydrogen) atoms. The monoisotopic (exact) mass is 277 g/mol. The topological polar surface area (TPSA) is 75.6 Å². The molecule has 1 saturated carbocycles. The number of aliphatic carboxylic acids is 1. The van der Waals surface area contributed by atoms with Crippen molar-refractivity contribution in [1.82, 2.24) is 5.32 Å². The molecule has 1 amide bonds. The van der Waals surface area contributed by atoms with E-state index >= 15 is 0 Å². The van der Waals surface area contributed by atoms with Gasteiger partial charge in [-0.2, -0.15) is 0 Å². The van der Waals surface area contributed by atoms with Crippen molar-refractivity contribution in [2.75, 3.05) is 7.11 Å². The highest BCUT2D eigenvalue weighted by Gasteiger charge is 2.35. The molecule has 0 bridgehead atoms. The molecule has 0 unspecified atom stereocenters. The lowest BCUT2D eigenvalue weighted by Gasteiger charge is -2.32. The second kappa shape index (κ2) is 6.52. The van der Waals surface area contributed by atoms with Crippen LogP contribution in [0.1, 0.15) is 24.0 Å². The molecule has 108 valence electrons. The molecule has 1 fully saturated rings. The van der Waals surface area contributed by atoms with E-state index in [-0.39, 0.29) is 17.9 Å². The number of benzene rings is 1. The zero-order chi connectivity index (χ0) is 14.5. The van der Waals surface area contributed by atoms with Gasteiger partial charge in [-0.1, -0.05) is 24.3 Å². The van der Waals surface area contributed by atoms with Gasteiger partial charge in [0.25, 0.3) is 0 Å². The molecule has 0 saturated heterocycles. The molecule has 2 N–H and O–H groups in total. The third-order valence-electron chi connectivity index (χ3n) is 3.52. The van der Waals surface area contributed by atoms with Crippen molar-refractivity contribution in [3.8, 4) is 0 Å². The molecule has 0 spiro atoms. The molecule has 1 aromatic carbocycles. The first-order valence-corrected chi connectivity index (χ1v) is 6.67. The molecule has 1 aliphatic carbocycles. The Labute approximate surface area is 117 Å². The molecule has 1 aliphatic rings. The van der Waals surface area contributed by atoms with Crippen LogP contribution in [-0.2, 0) is 27.4 Å². The average Bonchev–Trinajstić information content (AvgIpc) is 2.33. The van der Waals surface area contributed by atoms with Crippen LogP contribution in [0.25, 0.3) is 0 Å². The predicted molar refractivity (Wildman–Crippen MR) is 73.1 cm³/mol. The smallest absolute Gasteiger partial charge is 0.306 e. The lowest BCUT2D eigenvalue weighted by atomic mass is 9.80. The van der Waals surface area contributed by atoms with Gasteiger partial charge in [0.15, 0.2) is 0 Å². The first-order chi connectivity index (χ1) is 9.58. The van der Waals surface area contributed by atoms with Gasteiger partial charge in [-0.15, -0.1) is 0 Å². The van der Waals surface area contributed by atoms with Crippen LogP contribution in [-0.4, -0.2) is 30.1 Å². The number of carboxylic acid groups (broad SMARTS) is 1. The van der Waals surface area contributed by atoms with Crippen molar-refractivity contribution >= 4 is 11.9 Å². The number of amides is 1. The lowest BCUT2D eigenvalue weighted by molar-refractivity contribution is -0.146. The molecule has 0 heterocycles. The normalized spacial score (nSPS) is 21.1. The van der Waals surface area contributed by atoms with Gasteiger partial charge in [0.1, 0.15) is 0 Å². The summed E-state index contributed by atoms with van der Waals surface area (Å²) in [6.07, 6.45) is 1.38. The average molecular weight is 277 g/mol. The second-order valence-electron chi connectivity index (χ2n) is 5.20. The van der Waals surface area contributed by atoms with E-state index in [1.165, 1.54) is 0 Å². The van der Waals surface area contributed by atoms with Crippen LogP contribution in [0.5, 0.6) is 0 Å². The third-order valence-corrected chi connectivity index (χ3v) is 3.52. The summed E-state index contributed by atoms with van der Waals surface area (Å²) >= 11 is 0. The van der Waals surface area contributed by atoms with E-state index in [2.05, 4.69) is 5.32 Å².